The van der Waals surface area contributed by atoms with Crippen molar-refractivity contribution < 1.29 is 4.79 Å². The molecule has 1 amide bonds. The maximum Gasteiger partial charge on any atom is 0.259 e. The zero-order valence-electron chi connectivity index (χ0n) is 16.2. The first-order valence-corrected chi connectivity index (χ1v) is 10.1. The van der Waals surface area contributed by atoms with E-state index in [1.54, 1.807) is 6.21 Å². The normalized spacial score (nSPS) is 11.0. The summed E-state index contributed by atoms with van der Waals surface area (Å²) >= 11 is 2.30. The largest absolute Gasteiger partial charge is 0.376 e. The van der Waals surface area contributed by atoms with Gasteiger partial charge in [-0.2, -0.15) is 5.10 Å². The second-order valence-corrected chi connectivity index (χ2v) is 7.90. The smallest absolute Gasteiger partial charge is 0.259 e. The zero-order valence-corrected chi connectivity index (χ0v) is 18.3. The molecule has 0 bridgehead atoms. The Morgan fingerprint density at radius 2 is 1.75 bits per heavy atom. The SMILES string of the molecule is Cc1ccc(NCC(=O)N/N=C\c2cc(C)n(-c3ccc(I)cc3)c2C)cc1. The number of carbonyl (C=O) groups excluding carboxylic acids is 1. The van der Waals surface area contributed by atoms with Crippen molar-refractivity contribution in [3.05, 3.63) is 80.7 Å². The number of aromatic nitrogens is 1. The molecular formula is C22H23IN4O. The Kier molecular flexibility index (Phi) is 6.51. The van der Waals surface area contributed by atoms with Crippen molar-refractivity contribution in [3.8, 4) is 5.69 Å². The minimum atomic E-state index is -0.191. The number of hydrogen-bond acceptors (Lipinski definition) is 3. The van der Waals surface area contributed by atoms with Crippen molar-refractivity contribution in [1.29, 1.82) is 0 Å². The molecule has 0 aliphatic heterocycles. The number of carbonyl (C=O) groups is 1. The molecule has 0 spiro atoms. The first kappa shape index (κ1) is 20.1. The molecule has 6 heteroatoms. The predicted octanol–water partition coefficient (Wildman–Crippen LogP) is 4.57. The Bertz CT molecular complexity index is 989. The third-order valence-electron chi connectivity index (χ3n) is 4.45. The van der Waals surface area contributed by atoms with E-state index in [9.17, 15) is 4.79 Å². The summed E-state index contributed by atoms with van der Waals surface area (Å²) in [6.07, 6.45) is 1.69. The summed E-state index contributed by atoms with van der Waals surface area (Å²) < 4.78 is 3.38. The van der Waals surface area contributed by atoms with Crippen LogP contribution in [0.3, 0.4) is 0 Å². The van der Waals surface area contributed by atoms with Gasteiger partial charge in [-0.25, -0.2) is 5.43 Å². The van der Waals surface area contributed by atoms with E-state index >= 15 is 0 Å². The van der Waals surface area contributed by atoms with Crippen LogP contribution in [0.5, 0.6) is 0 Å². The van der Waals surface area contributed by atoms with Crippen molar-refractivity contribution in [3.63, 3.8) is 0 Å². The molecule has 0 unspecified atom stereocenters. The molecule has 0 aliphatic carbocycles. The molecule has 3 rings (SSSR count). The lowest BCUT2D eigenvalue weighted by molar-refractivity contribution is -0.119. The van der Waals surface area contributed by atoms with E-state index in [0.717, 1.165) is 28.3 Å². The number of hydrogen-bond donors (Lipinski definition) is 2. The summed E-state index contributed by atoms with van der Waals surface area (Å²) in [7, 11) is 0. The van der Waals surface area contributed by atoms with Crippen LogP contribution in [0.4, 0.5) is 5.69 Å². The summed E-state index contributed by atoms with van der Waals surface area (Å²) in [5.41, 5.74) is 8.95. The molecule has 0 atom stereocenters. The van der Waals surface area contributed by atoms with Crippen molar-refractivity contribution in [2.24, 2.45) is 5.10 Å². The van der Waals surface area contributed by atoms with Crippen LogP contribution in [0.25, 0.3) is 5.69 Å². The second-order valence-electron chi connectivity index (χ2n) is 6.65. The molecule has 1 aromatic heterocycles. The highest BCUT2D eigenvalue weighted by Crippen LogP contribution is 2.20. The van der Waals surface area contributed by atoms with E-state index in [2.05, 4.69) is 80.3 Å². The fourth-order valence-corrected chi connectivity index (χ4v) is 3.33. The lowest BCUT2D eigenvalue weighted by Gasteiger charge is -2.09. The molecule has 0 radical (unpaired) electrons. The number of nitrogens with zero attached hydrogens (tertiary/aromatic N) is 2. The Balaban J connectivity index is 1.61. The Morgan fingerprint density at radius 3 is 2.43 bits per heavy atom. The summed E-state index contributed by atoms with van der Waals surface area (Å²) in [6.45, 7) is 6.31. The van der Waals surface area contributed by atoms with Crippen molar-refractivity contribution in [2.75, 3.05) is 11.9 Å². The maximum atomic E-state index is 12.0. The lowest BCUT2D eigenvalue weighted by Crippen LogP contribution is -2.25. The summed E-state index contributed by atoms with van der Waals surface area (Å²) in [4.78, 5) is 12.0. The molecule has 0 saturated heterocycles. The van der Waals surface area contributed by atoms with Gasteiger partial charge in [0.15, 0.2) is 0 Å². The van der Waals surface area contributed by atoms with Crippen molar-refractivity contribution in [2.45, 2.75) is 20.8 Å². The Labute approximate surface area is 179 Å². The van der Waals surface area contributed by atoms with E-state index in [1.807, 2.05) is 38.1 Å². The molecule has 0 saturated carbocycles. The molecular weight excluding hydrogens is 463 g/mol. The van der Waals surface area contributed by atoms with Crippen molar-refractivity contribution >= 4 is 40.4 Å². The van der Waals surface area contributed by atoms with Gasteiger partial charge in [0.05, 0.1) is 12.8 Å². The summed E-state index contributed by atoms with van der Waals surface area (Å²) in [5.74, 6) is -0.191. The number of benzene rings is 2. The van der Waals surface area contributed by atoms with Gasteiger partial charge < -0.3 is 9.88 Å². The second kappa shape index (κ2) is 9.05. The fraction of sp³-hybridized carbons (Fsp3) is 0.182. The average Bonchev–Trinajstić information content (AvgIpc) is 2.96. The van der Waals surface area contributed by atoms with E-state index in [1.165, 1.54) is 9.13 Å². The molecule has 0 aliphatic rings. The predicted molar refractivity (Wildman–Crippen MR) is 123 cm³/mol. The average molecular weight is 486 g/mol. The molecule has 2 N–H and O–H groups in total. The molecule has 0 fully saturated rings. The standard InChI is InChI=1S/C22H23IN4O/c1-15-4-8-20(9-5-15)24-14-22(28)26-25-13-18-12-16(2)27(17(18)3)21-10-6-19(23)7-11-21/h4-13,24H,14H2,1-3H3,(H,26,28)/b25-13-. The van der Waals surface area contributed by atoms with Crippen LogP contribution in [0.1, 0.15) is 22.5 Å². The van der Waals surface area contributed by atoms with Gasteiger partial charge in [0, 0.05) is 31.9 Å². The van der Waals surface area contributed by atoms with Gasteiger partial charge in [-0.1, -0.05) is 17.7 Å². The minimum Gasteiger partial charge on any atom is -0.376 e. The first-order valence-electron chi connectivity index (χ1n) is 9.01. The number of rotatable bonds is 6. The van der Waals surface area contributed by atoms with E-state index in [4.69, 9.17) is 0 Å². The van der Waals surface area contributed by atoms with Gasteiger partial charge >= 0.3 is 0 Å². The van der Waals surface area contributed by atoms with Gasteiger partial charge in [0.25, 0.3) is 5.91 Å². The van der Waals surface area contributed by atoms with Gasteiger partial charge in [0.2, 0.25) is 0 Å². The zero-order chi connectivity index (χ0) is 20.1. The van der Waals surface area contributed by atoms with Gasteiger partial charge in [-0.3, -0.25) is 4.79 Å². The highest BCUT2D eigenvalue weighted by molar-refractivity contribution is 14.1. The van der Waals surface area contributed by atoms with Crippen LogP contribution in [0.15, 0.2) is 59.7 Å². The number of amides is 1. The lowest BCUT2D eigenvalue weighted by atomic mass is 10.2. The molecule has 28 heavy (non-hydrogen) atoms. The molecule has 2 aromatic carbocycles. The number of anilines is 1. The quantitative estimate of drug-likeness (QED) is 0.305. The van der Waals surface area contributed by atoms with Crippen LogP contribution in [0, 0.1) is 24.3 Å². The van der Waals surface area contributed by atoms with Crippen LogP contribution < -0.4 is 10.7 Å². The van der Waals surface area contributed by atoms with E-state index in [0.29, 0.717) is 0 Å². The Morgan fingerprint density at radius 1 is 1.07 bits per heavy atom. The van der Waals surface area contributed by atoms with E-state index in [-0.39, 0.29) is 12.5 Å². The topological polar surface area (TPSA) is 58.4 Å². The molecule has 144 valence electrons. The maximum absolute atomic E-state index is 12.0. The van der Waals surface area contributed by atoms with Crippen LogP contribution in [0.2, 0.25) is 0 Å². The molecule has 1 heterocycles. The first-order chi connectivity index (χ1) is 13.4. The van der Waals surface area contributed by atoms with Crippen LogP contribution in [-0.2, 0) is 4.79 Å². The van der Waals surface area contributed by atoms with Crippen molar-refractivity contribution in [1.82, 2.24) is 9.99 Å². The van der Waals surface area contributed by atoms with E-state index < -0.39 is 0 Å². The van der Waals surface area contributed by atoms with Crippen LogP contribution >= 0.6 is 22.6 Å². The highest BCUT2D eigenvalue weighted by atomic mass is 127. The minimum absolute atomic E-state index is 0.169. The summed E-state index contributed by atoms with van der Waals surface area (Å²) in [6, 6.07) is 18.3. The van der Waals surface area contributed by atoms with Gasteiger partial charge in [-0.15, -0.1) is 0 Å². The number of nitrogens with one attached hydrogen (secondary N) is 2. The number of halogens is 1. The van der Waals surface area contributed by atoms with Gasteiger partial charge in [0.1, 0.15) is 0 Å². The van der Waals surface area contributed by atoms with Gasteiger partial charge in [-0.05, 0) is 85.8 Å². The monoisotopic (exact) mass is 486 g/mol. The Hall–Kier alpha value is -2.61. The summed E-state index contributed by atoms with van der Waals surface area (Å²) in [5, 5.41) is 7.19. The highest BCUT2D eigenvalue weighted by Gasteiger charge is 2.09. The molecule has 3 aromatic rings. The number of hydrazone groups is 1. The third-order valence-corrected chi connectivity index (χ3v) is 5.17. The molecule has 5 nitrogen and oxygen atoms in total. The number of aryl methyl sites for hydroxylation is 2. The fourth-order valence-electron chi connectivity index (χ4n) is 2.97. The third kappa shape index (κ3) is 5.01. The van der Waals surface area contributed by atoms with Crippen LogP contribution in [-0.4, -0.2) is 23.2 Å².